The SMILES string of the molecule is COc1cc(/C=C2\SC(=S)N([C@@H](CCC(=O)O)C(=O)O)C2=O)cc(Cl)c1O. The lowest BCUT2D eigenvalue weighted by atomic mass is 10.1. The van der Waals surface area contributed by atoms with E-state index in [1.807, 2.05) is 0 Å². The van der Waals surface area contributed by atoms with E-state index in [0.717, 1.165) is 16.7 Å². The van der Waals surface area contributed by atoms with E-state index in [0.29, 0.717) is 5.56 Å². The minimum atomic E-state index is -1.38. The van der Waals surface area contributed by atoms with Crippen LogP contribution in [0.4, 0.5) is 0 Å². The van der Waals surface area contributed by atoms with Crippen LogP contribution in [0, 0.1) is 0 Å². The second-order valence-corrected chi connectivity index (χ2v) is 7.47. The number of carbonyl (C=O) groups excluding carboxylic acids is 1. The van der Waals surface area contributed by atoms with E-state index in [2.05, 4.69) is 0 Å². The van der Waals surface area contributed by atoms with Crippen LogP contribution in [0.1, 0.15) is 18.4 Å². The second kappa shape index (κ2) is 8.59. The van der Waals surface area contributed by atoms with Crippen molar-refractivity contribution in [2.75, 3.05) is 7.11 Å². The van der Waals surface area contributed by atoms with Crippen LogP contribution < -0.4 is 4.74 Å². The smallest absolute Gasteiger partial charge is 0.326 e. The number of aromatic hydroxyl groups is 1. The maximum absolute atomic E-state index is 12.6. The van der Waals surface area contributed by atoms with E-state index >= 15 is 0 Å². The van der Waals surface area contributed by atoms with Gasteiger partial charge in [-0.1, -0.05) is 35.6 Å². The van der Waals surface area contributed by atoms with Crippen molar-refractivity contribution in [3.63, 3.8) is 0 Å². The summed E-state index contributed by atoms with van der Waals surface area (Å²) in [5, 5.41) is 27.9. The summed E-state index contributed by atoms with van der Waals surface area (Å²) in [6, 6.07) is 1.48. The van der Waals surface area contributed by atoms with E-state index in [1.165, 1.54) is 25.3 Å². The maximum atomic E-state index is 12.6. The summed E-state index contributed by atoms with van der Waals surface area (Å²) in [6.07, 6.45) is 0.740. The number of thioether (sulfide) groups is 1. The van der Waals surface area contributed by atoms with E-state index < -0.39 is 30.3 Å². The van der Waals surface area contributed by atoms with Gasteiger partial charge in [0.2, 0.25) is 0 Å². The molecule has 1 heterocycles. The van der Waals surface area contributed by atoms with E-state index in [4.69, 9.17) is 33.7 Å². The fraction of sp³-hybridized carbons (Fsp3) is 0.250. The molecule has 27 heavy (non-hydrogen) atoms. The Kier molecular flexibility index (Phi) is 6.68. The number of phenolic OH excluding ortho intramolecular Hbond substituents is 1. The fourth-order valence-electron chi connectivity index (χ4n) is 2.36. The van der Waals surface area contributed by atoms with Crippen LogP contribution in [0.15, 0.2) is 17.0 Å². The van der Waals surface area contributed by atoms with Crippen molar-refractivity contribution in [2.24, 2.45) is 0 Å². The molecule has 1 aliphatic rings. The number of amides is 1. The normalized spacial score (nSPS) is 16.7. The van der Waals surface area contributed by atoms with Gasteiger partial charge in [0.25, 0.3) is 5.91 Å². The zero-order chi connectivity index (χ0) is 20.3. The zero-order valence-electron chi connectivity index (χ0n) is 13.8. The third kappa shape index (κ3) is 4.71. The van der Waals surface area contributed by atoms with Crippen molar-refractivity contribution >= 4 is 63.8 Å². The molecule has 1 atom stereocenters. The van der Waals surface area contributed by atoms with Crippen LogP contribution in [0.3, 0.4) is 0 Å². The summed E-state index contributed by atoms with van der Waals surface area (Å²) >= 11 is 11.9. The first kappa shape index (κ1) is 21.0. The number of methoxy groups -OCH3 is 1. The molecule has 1 aromatic rings. The van der Waals surface area contributed by atoms with Gasteiger partial charge in [0.1, 0.15) is 10.4 Å². The van der Waals surface area contributed by atoms with E-state index in [9.17, 15) is 24.6 Å². The molecule has 3 N–H and O–H groups in total. The molecule has 1 aliphatic heterocycles. The van der Waals surface area contributed by atoms with Gasteiger partial charge in [-0.3, -0.25) is 14.5 Å². The van der Waals surface area contributed by atoms with Gasteiger partial charge >= 0.3 is 11.9 Å². The number of thiocarbonyl (C=S) groups is 1. The Hall–Kier alpha value is -2.30. The Morgan fingerprint density at radius 1 is 1.41 bits per heavy atom. The van der Waals surface area contributed by atoms with Gasteiger partial charge in [-0.15, -0.1) is 0 Å². The Bertz CT molecular complexity index is 855. The summed E-state index contributed by atoms with van der Waals surface area (Å²) in [4.78, 5) is 35.9. The lowest BCUT2D eigenvalue weighted by molar-refractivity contribution is -0.146. The molecule has 8 nitrogen and oxygen atoms in total. The van der Waals surface area contributed by atoms with Gasteiger partial charge in [-0.25, -0.2) is 4.79 Å². The molecule has 0 aliphatic carbocycles. The molecule has 0 spiro atoms. The molecule has 1 aromatic carbocycles. The molecular weight excluding hydrogens is 418 g/mol. The van der Waals surface area contributed by atoms with Gasteiger partial charge in [-0.2, -0.15) is 0 Å². The molecule has 0 bridgehead atoms. The number of halogens is 1. The molecule has 1 amide bonds. The molecule has 11 heteroatoms. The number of rotatable bonds is 7. The molecule has 0 unspecified atom stereocenters. The molecule has 1 saturated heterocycles. The third-order valence-electron chi connectivity index (χ3n) is 3.62. The molecule has 0 radical (unpaired) electrons. The highest BCUT2D eigenvalue weighted by atomic mass is 35.5. The average Bonchev–Trinajstić information content (AvgIpc) is 2.85. The predicted octanol–water partition coefficient (Wildman–Crippen LogP) is 2.57. The van der Waals surface area contributed by atoms with Crippen LogP contribution in [0.5, 0.6) is 11.5 Å². The molecular formula is C16H14ClNO7S2. The topological polar surface area (TPSA) is 124 Å². The lowest BCUT2D eigenvalue weighted by Crippen LogP contribution is -2.44. The average molecular weight is 432 g/mol. The highest BCUT2D eigenvalue weighted by Gasteiger charge is 2.40. The third-order valence-corrected chi connectivity index (χ3v) is 5.24. The van der Waals surface area contributed by atoms with Gasteiger partial charge in [0.15, 0.2) is 11.5 Å². The highest BCUT2D eigenvalue weighted by molar-refractivity contribution is 8.26. The summed E-state index contributed by atoms with van der Waals surface area (Å²) < 4.78 is 5.01. The zero-order valence-corrected chi connectivity index (χ0v) is 16.2. The Labute approximate surface area is 168 Å². The summed E-state index contributed by atoms with van der Waals surface area (Å²) in [6.45, 7) is 0. The van der Waals surface area contributed by atoms with Gasteiger partial charge < -0.3 is 20.1 Å². The molecule has 0 aromatic heterocycles. The maximum Gasteiger partial charge on any atom is 0.326 e. The standard InChI is InChI=1S/C16H14ClNO7S2/c1-25-10-5-7(4-8(17)13(10)21)6-11-14(22)18(16(26)27-11)9(15(23)24)2-3-12(19)20/h4-6,9,21H,2-3H2,1H3,(H,19,20)(H,23,24)/b11-6-/t9-/m0/s1. The Morgan fingerprint density at radius 2 is 2.07 bits per heavy atom. The van der Waals surface area contributed by atoms with Crippen LogP contribution in [-0.4, -0.2) is 55.5 Å². The highest BCUT2D eigenvalue weighted by Crippen LogP contribution is 2.38. The number of nitrogens with zero attached hydrogens (tertiary/aromatic N) is 1. The van der Waals surface area contributed by atoms with Gasteiger partial charge in [-0.05, 0) is 30.2 Å². The minimum absolute atomic E-state index is 0.0147. The van der Waals surface area contributed by atoms with Crippen molar-refractivity contribution in [1.82, 2.24) is 4.90 Å². The monoisotopic (exact) mass is 431 g/mol. The number of carboxylic acids is 2. The van der Waals surface area contributed by atoms with Crippen LogP contribution in [0.2, 0.25) is 5.02 Å². The number of benzene rings is 1. The fourth-order valence-corrected chi connectivity index (χ4v) is 3.93. The second-order valence-electron chi connectivity index (χ2n) is 5.39. The van der Waals surface area contributed by atoms with Crippen molar-refractivity contribution in [3.05, 3.63) is 27.6 Å². The molecule has 0 saturated carbocycles. The van der Waals surface area contributed by atoms with Crippen molar-refractivity contribution in [1.29, 1.82) is 0 Å². The van der Waals surface area contributed by atoms with E-state index in [-0.39, 0.29) is 32.2 Å². The lowest BCUT2D eigenvalue weighted by Gasteiger charge is -2.22. The summed E-state index contributed by atoms with van der Waals surface area (Å²) in [7, 11) is 1.34. The molecule has 144 valence electrons. The van der Waals surface area contributed by atoms with Crippen LogP contribution >= 0.6 is 35.6 Å². The minimum Gasteiger partial charge on any atom is -0.503 e. The van der Waals surface area contributed by atoms with Crippen LogP contribution in [-0.2, 0) is 14.4 Å². The predicted molar refractivity (Wildman–Crippen MR) is 103 cm³/mol. The number of carbonyl (C=O) groups is 3. The summed E-state index contributed by atoms with van der Waals surface area (Å²) in [5.74, 6) is -3.31. The van der Waals surface area contributed by atoms with Crippen LogP contribution in [0.25, 0.3) is 6.08 Å². The number of ether oxygens (including phenoxy) is 1. The number of phenols is 1. The quantitative estimate of drug-likeness (QED) is 0.441. The Morgan fingerprint density at radius 3 is 2.63 bits per heavy atom. The Balaban J connectivity index is 2.34. The molecule has 1 fully saturated rings. The largest absolute Gasteiger partial charge is 0.503 e. The van der Waals surface area contributed by atoms with Crippen molar-refractivity contribution < 1.29 is 34.4 Å². The first-order valence-corrected chi connectivity index (χ1v) is 9.04. The van der Waals surface area contributed by atoms with Gasteiger partial charge in [0, 0.05) is 6.42 Å². The summed E-state index contributed by atoms with van der Waals surface area (Å²) in [5.41, 5.74) is 0.438. The number of aliphatic carboxylic acids is 2. The number of carboxylic acid groups (broad SMARTS) is 2. The number of hydrogen-bond acceptors (Lipinski definition) is 7. The first-order chi connectivity index (χ1) is 12.6. The van der Waals surface area contributed by atoms with E-state index in [1.54, 1.807) is 0 Å². The molecule has 2 rings (SSSR count). The van der Waals surface area contributed by atoms with Crippen molar-refractivity contribution in [3.8, 4) is 11.5 Å². The van der Waals surface area contributed by atoms with Gasteiger partial charge in [0.05, 0.1) is 17.0 Å². The number of hydrogen-bond donors (Lipinski definition) is 3. The first-order valence-electron chi connectivity index (χ1n) is 7.43. The van der Waals surface area contributed by atoms with Crippen molar-refractivity contribution in [2.45, 2.75) is 18.9 Å².